The first-order valence-electron chi connectivity index (χ1n) is 3.77. The summed E-state index contributed by atoms with van der Waals surface area (Å²) in [6.45, 7) is -0.0187. The number of aromatic nitrogens is 1. The van der Waals surface area contributed by atoms with Gasteiger partial charge in [-0.1, -0.05) is 18.2 Å². The number of aliphatic hydroxyl groups is 1. The third-order valence-electron chi connectivity index (χ3n) is 1.82. The number of nitrogens with zero attached hydrogens (tertiary/aromatic N) is 1. The molecule has 0 fully saturated rings. The fraction of sp³-hybridized carbons (Fsp3) is 0.100. The van der Waals surface area contributed by atoms with Crippen molar-refractivity contribution in [3.05, 3.63) is 42.2 Å². The summed E-state index contributed by atoms with van der Waals surface area (Å²) >= 11 is 0. The molecule has 12 heavy (non-hydrogen) atoms. The second-order valence-electron chi connectivity index (χ2n) is 2.55. The lowest BCUT2D eigenvalue weighted by Gasteiger charge is -2.00. The molecule has 2 aromatic rings. The van der Waals surface area contributed by atoms with E-state index in [1.54, 1.807) is 6.20 Å². The minimum atomic E-state index is -0.0187. The molecule has 0 saturated carbocycles. The molecule has 1 radical (unpaired) electrons. The first-order valence-corrected chi connectivity index (χ1v) is 3.77. The maximum Gasteiger partial charge on any atom is 0.0859 e. The second-order valence-corrected chi connectivity index (χ2v) is 2.55. The average molecular weight is 158 g/mol. The van der Waals surface area contributed by atoms with Gasteiger partial charge < -0.3 is 5.11 Å². The Kier molecular flexibility index (Phi) is 1.76. The van der Waals surface area contributed by atoms with Crippen LogP contribution in [0.5, 0.6) is 0 Å². The largest absolute Gasteiger partial charge is 0.390 e. The first-order chi connectivity index (χ1) is 5.92. The fourth-order valence-electron chi connectivity index (χ4n) is 1.24. The highest BCUT2D eigenvalue weighted by Gasteiger charge is 1.98. The zero-order chi connectivity index (χ0) is 8.39. The van der Waals surface area contributed by atoms with Crippen molar-refractivity contribution in [3.63, 3.8) is 0 Å². The highest BCUT2D eigenvalue weighted by atomic mass is 16.3. The predicted molar refractivity (Wildman–Crippen MR) is 46.5 cm³/mol. The summed E-state index contributed by atoms with van der Waals surface area (Å²) < 4.78 is 0. The van der Waals surface area contributed by atoms with Crippen LogP contribution in [-0.2, 0) is 6.61 Å². The van der Waals surface area contributed by atoms with E-state index >= 15 is 0 Å². The number of rotatable bonds is 1. The van der Waals surface area contributed by atoms with E-state index in [4.69, 9.17) is 5.11 Å². The molecular formula is C10H8NO. The van der Waals surface area contributed by atoms with Gasteiger partial charge in [-0.15, -0.1) is 0 Å². The molecule has 0 spiro atoms. The number of hydrogen-bond donors (Lipinski definition) is 1. The van der Waals surface area contributed by atoms with Crippen LogP contribution in [0.2, 0.25) is 0 Å². The Hall–Kier alpha value is -1.41. The summed E-state index contributed by atoms with van der Waals surface area (Å²) in [6, 6.07) is 10.6. The molecule has 1 aromatic carbocycles. The van der Waals surface area contributed by atoms with Crippen molar-refractivity contribution < 1.29 is 5.11 Å². The maximum atomic E-state index is 8.96. The average Bonchev–Trinajstić information content (AvgIpc) is 2.17. The Morgan fingerprint density at radius 2 is 2.33 bits per heavy atom. The van der Waals surface area contributed by atoms with Gasteiger partial charge in [0.25, 0.3) is 0 Å². The van der Waals surface area contributed by atoms with E-state index < -0.39 is 0 Å². The van der Waals surface area contributed by atoms with E-state index in [0.29, 0.717) is 5.69 Å². The van der Waals surface area contributed by atoms with Crippen molar-refractivity contribution in [2.75, 3.05) is 0 Å². The highest BCUT2D eigenvalue weighted by molar-refractivity contribution is 5.83. The van der Waals surface area contributed by atoms with Crippen LogP contribution in [0.1, 0.15) is 5.69 Å². The molecule has 0 atom stereocenters. The third kappa shape index (κ3) is 1.06. The van der Waals surface area contributed by atoms with Gasteiger partial charge in [0.15, 0.2) is 0 Å². The lowest BCUT2D eigenvalue weighted by Crippen LogP contribution is -1.89. The van der Waals surface area contributed by atoms with Crippen molar-refractivity contribution in [1.29, 1.82) is 0 Å². The van der Waals surface area contributed by atoms with Gasteiger partial charge in [-0.3, -0.25) is 4.98 Å². The summed E-state index contributed by atoms with van der Waals surface area (Å²) in [5, 5.41) is 10.9. The lowest BCUT2D eigenvalue weighted by molar-refractivity contribution is 0.278. The third-order valence-corrected chi connectivity index (χ3v) is 1.82. The molecular weight excluding hydrogens is 150 g/mol. The van der Waals surface area contributed by atoms with Gasteiger partial charge in [-0.05, 0) is 17.5 Å². The molecule has 0 saturated heterocycles. The predicted octanol–water partition coefficient (Wildman–Crippen LogP) is 1.53. The van der Waals surface area contributed by atoms with Gasteiger partial charge in [0, 0.05) is 11.6 Å². The normalized spacial score (nSPS) is 10.4. The molecule has 2 rings (SSSR count). The molecule has 1 heterocycles. The van der Waals surface area contributed by atoms with E-state index in [-0.39, 0.29) is 6.61 Å². The van der Waals surface area contributed by atoms with Crippen LogP contribution in [0.15, 0.2) is 30.5 Å². The van der Waals surface area contributed by atoms with Gasteiger partial charge in [0.05, 0.1) is 12.3 Å². The summed E-state index contributed by atoms with van der Waals surface area (Å²) in [5.74, 6) is 0. The molecule has 2 nitrogen and oxygen atoms in total. The van der Waals surface area contributed by atoms with Crippen molar-refractivity contribution in [2.45, 2.75) is 6.61 Å². The maximum absolute atomic E-state index is 8.96. The van der Waals surface area contributed by atoms with Crippen molar-refractivity contribution in [2.24, 2.45) is 0 Å². The van der Waals surface area contributed by atoms with Gasteiger partial charge in [0.2, 0.25) is 0 Å². The molecule has 2 heteroatoms. The SMILES string of the molecule is OCc1nccc2[c]cccc12. The smallest absolute Gasteiger partial charge is 0.0859 e. The highest BCUT2D eigenvalue weighted by Crippen LogP contribution is 2.14. The van der Waals surface area contributed by atoms with Crippen LogP contribution >= 0.6 is 0 Å². The molecule has 0 unspecified atom stereocenters. The topological polar surface area (TPSA) is 33.1 Å². The van der Waals surface area contributed by atoms with Crippen LogP contribution in [-0.4, -0.2) is 10.1 Å². The Morgan fingerprint density at radius 3 is 3.17 bits per heavy atom. The van der Waals surface area contributed by atoms with Crippen LogP contribution in [0.4, 0.5) is 0 Å². The quantitative estimate of drug-likeness (QED) is 0.682. The number of aliphatic hydroxyl groups excluding tert-OH is 1. The number of hydrogen-bond acceptors (Lipinski definition) is 2. The summed E-state index contributed by atoms with van der Waals surface area (Å²) in [6.07, 6.45) is 1.68. The molecule has 0 bridgehead atoms. The minimum Gasteiger partial charge on any atom is -0.390 e. The van der Waals surface area contributed by atoms with E-state index in [1.165, 1.54) is 0 Å². The Morgan fingerprint density at radius 1 is 1.42 bits per heavy atom. The number of fused-ring (bicyclic) bond motifs is 1. The Labute approximate surface area is 70.5 Å². The van der Waals surface area contributed by atoms with Crippen LogP contribution in [0.25, 0.3) is 10.8 Å². The van der Waals surface area contributed by atoms with E-state index in [1.807, 2.05) is 24.3 Å². The number of benzene rings is 1. The van der Waals surface area contributed by atoms with Gasteiger partial charge in [0.1, 0.15) is 0 Å². The fourth-order valence-corrected chi connectivity index (χ4v) is 1.24. The van der Waals surface area contributed by atoms with Crippen molar-refractivity contribution >= 4 is 10.8 Å². The molecule has 0 aliphatic rings. The summed E-state index contributed by atoms with van der Waals surface area (Å²) in [5.41, 5.74) is 0.712. The van der Waals surface area contributed by atoms with Gasteiger partial charge >= 0.3 is 0 Å². The molecule has 59 valence electrons. The Balaban J connectivity index is 2.79. The Bertz CT molecular complexity index is 392. The van der Waals surface area contributed by atoms with Crippen molar-refractivity contribution in [3.8, 4) is 0 Å². The molecule has 1 aromatic heterocycles. The van der Waals surface area contributed by atoms with Gasteiger partial charge in [-0.2, -0.15) is 0 Å². The molecule has 0 aliphatic carbocycles. The van der Waals surface area contributed by atoms with Crippen LogP contribution in [0, 0.1) is 6.07 Å². The van der Waals surface area contributed by atoms with Crippen LogP contribution < -0.4 is 0 Å². The second kappa shape index (κ2) is 2.91. The van der Waals surface area contributed by atoms with Gasteiger partial charge in [-0.25, -0.2) is 0 Å². The van der Waals surface area contributed by atoms with E-state index in [2.05, 4.69) is 11.1 Å². The zero-order valence-electron chi connectivity index (χ0n) is 6.49. The number of pyridine rings is 1. The molecule has 0 amide bonds. The first kappa shape index (κ1) is 7.25. The van der Waals surface area contributed by atoms with E-state index in [9.17, 15) is 0 Å². The van der Waals surface area contributed by atoms with E-state index in [0.717, 1.165) is 10.8 Å². The molecule has 1 N–H and O–H groups in total. The standard InChI is InChI=1S/C10H8NO/c12-7-10-9-4-2-1-3-8(9)5-6-11-10/h1-2,4-6,12H,7H2. The monoisotopic (exact) mass is 158 g/mol. The van der Waals surface area contributed by atoms with Crippen molar-refractivity contribution in [1.82, 2.24) is 4.98 Å². The van der Waals surface area contributed by atoms with Crippen LogP contribution in [0.3, 0.4) is 0 Å². The lowest BCUT2D eigenvalue weighted by atomic mass is 10.1. The molecule has 0 aliphatic heterocycles. The summed E-state index contributed by atoms with van der Waals surface area (Å²) in [4.78, 5) is 4.06. The minimum absolute atomic E-state index is 0.0187. The zero-order valence-corrected chi connectivity index (χ0v) is 6.49. The summed E-state index contributed by atoms with van der Waals surface area (Å²) in [7, 11) is 0.